The fraction of sp³-hybridized carbons (Fsp3) is 0.400. The first-order valence-corrected chi connectivity index (χ1v) is 11.9. The zero-order valence-electron chi connectivity index (χ0n) is 19.7. The largest absolute Gasteiger partial charge is 0.491 e. The number of hydrogen-bond acceptors (Lipinski definition) is 9. The van der Waals surface area contributed by atoms with Crippen LogP contribution in [0.15, 0.2) is 42.9 Å². The topological polar surface area (TPSA) is 130 Å². The molecule has 5 atom stereocenters. The molecule has 0 amide bonds. The van der Waals surface area contributed by atoms with Crippen molar-refractivity contribution in [2.24, 2.45) is 0 Å². The summed E-state index contributed by atoms with van der Waals surface area (Å²) in [6.45, 7) is 0.611. The molecule has 0 radical (unpaired) electrons. The molecule has 0 saturated carbocycles. The monoisotopic (exact) mass is 494 g/mol. The van der Waals surface area contributed by atoms with Crippen LogP contribution in [0.2, 0.25) is 0 Å². The van der Waals surface area contributed by atoms with E-state index in [9.17, 15) is 5.11 Å². The Morgan fingerprint density at radius 1 is 1.28 bits per heavy atom. The Bertz CT molecular complexity index is 1410. The van der Waals surface area contributed by atoms with Crippen LogP contribution in [0.4, 0.5) is 16.0 Å². The summed E-state index contributed by atoms with van der Waals surface area (Å²) in [4.78, 5) is 13.0. The number of nitrogens with zero attached hydrogens (tertiary/aromatic N) is 4. The molecule has 0 unspecified atom stereocenters. The Balaban J connectivity index is 1.24. The summed E-state index contributed by atoms with van der Waals surface area (Å²) in [6, 6.07) is 9.35. The number of benzene rings is 1. The third-order valence-electron chi connectivity index (χ3n) is 6.85. The van der Waals surface area contributed by atoms with Gasteiger partial charge in [-0.05, 0) is 37.1 Å². The van der Waals surface area contributed by atoms with E-state index < -0.39 is 24.6 Å². The number of nitrogens with one attached hydrogen (secondary N) is 1. The van der Waals surface area contributed by atoms with Gasteiger partial charge < -0.3 is 34.9 Å². The molecule has 0 spiro atoms. The Kier molecular flexibility index (Phi) is 5.82. The highest BCUT2D eigenvalue weighted by molar-refractivity contribution is 5.90. The fourth-order valence-electron chi connectivity index (χ4n) is 4.97. The van der Waals surface area contributed by atoms with Gasteiger partial charge in [0.15, 0.2) is 12.4 Å². The Labute approximate surface area is 206 Å². The second kappa shape index (κ2) is 9.16. The van der Waals surface area contributed by atoms with E-state index in [1.165, 1.54) is 6.33 Å². The molecule has 2 saturated heterocycles. The van der Waals surface area contributed by atoms with Crippen molar-refractivity contribution in [2.45, 2.75) is 43.6 Å². The normalized spacial score (nSPS) is 26.1. The van der Waals surface area contributed by atoms with Crippen LogP contribution < -0.4 is 15.8 Å². The van der Waals surface area contributed by atoms with Crippen molar-refractivity contribution in [2.75, 3.05) is 31.3 Å². The maximum Gasteiger partial charge on any atom is 0.173 e. The van der Waals surface area contributed by atoms with E-state index in [1.807, 2.05) is 24.3 Å². The van der Waals surface area contributed by atoms with Crippen LogP contribution in [0.1, 0.15) is 30.7 Å². The van der Waals surface area contributed by atoms with E-state index in [4.69, 9.17) is 19.9 Å². The number of aliphatic hydroxyl groups is 1. The third-order valence-corrected chi connectivity index (χ3v) is 6.85. The standard InChI is InChI=1S/C25H27FN6O4/c1-28-19-7-5-13-4-6-14(9-16(13)31-19)35-11-18-22(33)21(26)25(36-18)32-10-15(17-3-2-8-34-17)20-23(27)29-12-30-24(20)32/h4-7,9-10,12,17-18,21-22,25,33H,2-3,8,11H2,1H3,(H,28,31)(H2,27,29,30)/t17-,18+,21-,22+,25+/m0/s1. The average Bonchev–Trinajstić information content (AvgIpc) is 3.62. The smallest absolute Gasteiger partial charge is 0.173 e. The van der Waals surface area contributed by atoms with Crippen LogP contribution >= 0.6 is 0 Å². The zero-order valence-corrected chi connectivity index (χ0v) is 19.7. The first-order chi connectivity index (χ1) is 17.5. The molecule has 0 aliphatic carbocycles. The number of aliphatic hydroxyl groups excluding tert-OH is 1. The number of anilines is 2. The number of halogens is 1. The Hall–Kier alpha value is -3.54. The number of hydrogen-bond donors (Lipinski definition) is 3. The van der Waals surface area contributed by atoms with Gasteiger partial charge in [-0.3, -0.25) is 0 Å². The van der Waals surface area contributed by atoms with E-state index in [2.05, 4.69) is 20.3 Å². The number of rotatable bonds is 6. The lowest BCUT2D eigenvalue weighted by atomic mass is 10.1. The van der Waals surface area contributed by atoms with Gasteiger partial charge in [0.1, 0.15) is 48.2 Å². The third kappa shape index (κ3) is 3.89. The summed E-state index contributed by atoms with van der Waals surface area (Å²) in [5.74, 6) is 1.58. The van der Waals surface area contributed by atoms with Gasteiger partial charge in [-0.2, -0.15) is 0 Å². The number of pyridine rings is 1. The number of nitrogens with two attached hydrogens (primary N) is 1. The minimum absolute atomic E-state index is 0.0375. The minimum Gasteiger partial charge on any atom is -0.491 e. The van der Waals surface area contributed by atoms with Gasteiger partial charge in [-0.15, -0.1) is 0 Å². The highest BCUT2D eigenvalue weighted by Gasteiger charge is 2.46. The van der Waals surface area contributed by atoms with Gasteiger partial charge in [0, 0.05) is 36.9 Å². The van der Waals surface area contributed by atoms with E-state index in [0.29, 0.717) is 29.2 Å². The molecule has 1 aromatic carbocycles. The van der Waals surface area contributed by atoms with Crippen molar-refractivity contribution in [1.82, 2.24) is 19.5 Å². The lowest BCUT2D eigenvalue weighted by Crippen LogP contribution is -2.32. The summed E-state index contributed by atoms with van der Waals surface area (Å²) >= 11 is 0. The minimum atomic E-state index is -1.70. The van der Waals surface area contributed by atoms with Crippen LogP contribution in [0.5, 0.6) is 5.75 Å². The van der Waals surface area contributed by atoms with Crippen LogP contribution in [0.3, 0.4) is 0 Å². The van der Waals surface area contributed by atoms with E-state index in [1.54, 1.807) is 23.9 Å². The molecule has 2 aliphatic rings. The second-order valence-electron chi connectivity index (χ2n) is 9.06. The number of aromatic nitrogens is 4. The molecule has 6 rings (SSSR count). The number of nitrogen functional groups attached to an aromatic ring is 1. The molecular weight excluding hydrogens is 467 g/mol. The van der Waals surface area contributed by atoms with Crippen LogP contribution in [0.25, 0.3) is 21.9 Å². The molecule has 10 nitrogen and oxygen atoms in total. The van der Waals surface area contributed by atoms with Gasteiger partial charge in [0.05, 0.1) is 17.0 Å². The molecule has 188 valence electrons. The van der Waals surface area contributed by atoms with Gasteiger partial charge in [-0.1, -0.05) is 0 Å². The van der Waals surface area contributed by atoms with Crippen molar-refractivity contribution >= 4 is 33.6 Å². The highest BCUT2D eigenvalue weighted by atomic mass is 19.1. The molecule has 4 N–H and O–H groups in total. The van der Waals surface area contributed by atoms with Crippen molar-refractivity contribution in [3.05, 3.63) is 48.4 Å². The molecular formula is C25H27FN6O4. The van der Waals surface area contributed by atoms with Gasteiger partial charge in [-0.25, -0.2) is 19.3 Å². The molecule has 3 aromatic heterocycles. The molecule has 0 bridgehead atoms. The summed E-state index contributed by atoms with van der Waals surface area (Å²) in [5, 5.41) is 15.3. The van der Waals surface area contributed by atoms with Gasteiger partial charge >= 0.3 is 0 Å². The van der Waals surface area contributed by atoms with Crippen LogP contribution in [-0.4, -0.2) is 63.3 Å². The Morgan fingerprint density at radius 2 is 2.14 bits per heavy atom. The SMILES string of the molecule is CNc1ccc2ccc(OC[C@H]3O[C@@H](n4cc([C@@H]5CCCO5)c5c(N)ncnc54)[C@@H](F)[C@@H]3O)cc2n1. The Morgan fingerprint density at radius 3 is 2.94 bits per heavy atom. The van der Waals surface area contributed by atoms with Crippen LogP contribution in [0, 0.1) is 0 Å². The first-order valence-electron chi connectivity index (χ1n) is 11.9. The van der Waals surface area contributed by atoms with E-state index in [0.717, 1.165) is 35.1 Å². The van der Waals surface area contributed by atoms with E-state index >= 15 is 4.39 Å². The second-order valence-corrected chi connectivity index (χ2v) is 9.06. The quantitative estimate of drug-likeness (QED) is 0.370. The molecule has 11 heteroatoms. The summed E-state index contributed by atoms with van der Waals surface area (Å²) in [6.07, 6.45) is -0.394. The summed E-state index contributed by atoms with van der Waals surface area (Å²) in [7, 11) is 1.80. The van der Waals surface area contributed by atoms with Crippen molar-refractivity contribution in [1.29, 1.82) is 0 Å². The van der Waals surface area contributed by atoms with Crippen molar-refractivity contribution in [3.63, 3.8) is 0 Å². The van der Waals surface area contributed by atoms with Crippen molar-refractivity contribution in [3.8, 4) is 5.75 Å². The number of ether oxygens (including phenoxy) is 3. The van der Waals surface area contributed by atoms with Crippen molar-refractivity contribution < 1.29 is 23.7 Å². The maximum absolute atomic E-state index is 15.4. The predicted octanol–water partition coefficient (Wildman–Crippen LogP) is 3.13. The molecule has 2 aliphatic heterocycles. The predicted molar refractivity (Wildman–Crippen MR) is 131 cm³/mol. The number of alkyl halides is 1. The highest BCUT2D eigenvalue weighted by Crippen LogP contribution is 2.40. The summed E-state index contributed by atoms with van der Waals surface area (Å²) in [5.41, 5.74) is 8.16. The zero-order chi connectivity index (χ0) is 24.8. The van der Waals surface area contributed by atoms with E-state index in [-0.39, 0.29) is 12.7 Å². The average molecular weight is 495 g/mol. The molecule has 5 heterocycles. The number of fused-ring (bicyclic) bond motifs is 2. The molecule has 2 fully saturated rings. The summed E-state index contributed by atoms with van der Waals surface area (Å²) < 4.78 is 34.7. The van der Waals surface area contributed by atoms with Crippen LogP contribution in [-0.2, 0) is 9.47 Å². The maximum atomic E-state index is 15.4. The lowest BCUT2D eigenvalue weighted by Gasteiger charge is -2.17. The first kappa shape index (κ1) is 22.9. The molecule has 4 aromatic rings. The van der Waals surface area contributed by atoms with Gasteiger partial charge in [0.2, 0.25) is 0 Å². The molecule has 36 heavy (non-hydrogen) atoms. The fourth-order valence-corrected chi connectivity index (χ4v) is 4.97. The lowest BCUT2D eigenvalue weighted by molar-refractivity contribution is -0.0412. The van der Waals surface area contributed by atoms with Gasteiger partial charge in [0.25, 0.3) is 0 Å².